The second-order valence-electron chi connectivity index (χ2n) is 15.1. The number of nitriles is 4. The van der Waals surface area contributed by atoms with Crippen LogP contribution in [0.3, 0.4) is 0 Å². The molecule has 10 nitrogen and oxygen atoms in total. The molecule has 0 radical (unpaired) electrons. The standard InChI is InChI=1S/C18H8N2O2.C18H12N2.2C9H11NO/c19-7-17-13-3-1-11(9-21)5-15(13)18(8-20)14-4-2-12(10-22)6-16(14)17;1-11-3-5-13-15(7-11)17(9-19)14-6-4-12(2)8-16(14)18(13)10-20;2*1-10(2)9-5-3-8(7-11)4-6-9/h1-6,9-10H;3-8H,1-2H3;2*3-7H,1-2H3. The van der Waals surface area contributed by atoms with Crippen LogP contribution in [0.15, 0.2) is 121 Å². The summed E-state index contributed by atoms with van der Waals surface area (Å²) in [6.07, 6.45) is 3.09. The number of hydrogen-bond acceptors (Lipinski definition) is 10. The van der Waals surface area contributed by atoms with E-state index in [2.05, 4.69) is 24.3 Å². The fourth-order valence-electron chi connectivity index (χ4n) is 7.05. The first-order valence-corrected chi connectivity index (χ1v) is 19.8. The Morgan fingerprint density at radius 2 is 0.594 bits per heavy atom. The van der Waals surface area contributed by atoms with Crippen LogP contribution in [0, 0.1) is 59.2 Å². The third-order valence-electron chi connectivity index (χ3n) is 10.4. The van der Waals surface area contributed by atoms with Crippen LogP contribution in [-0.4, -0.2) is 53.3 Å². The molecule has 0 saturated carbocycles. The number of aryl methyl sites for hydroxylation is 2. The Labute approximate surface area is 371 Å². The molecule has 0 N–H and O–H groups in total. The largest absolute Gasteiger partial charge is 0.378 e. The molecule has 0 aromatic heterocycles. The van der Waals surface area contributed by atoms with Crippen LogP contribution >= 0.6 is 0 Å². The number of anilines is 2. The maximum absolute atomic E-state index is 11.0. The van der Waals surface area contributed by atoms with E-state index in [4.69, 9.17) is 0 Å². The molecule has 0 aliphatic rings. The number of fused-ring (bicyclic) bond motifs is 4. The number of nitrogens with zero attached hydrogens (tertiary/aromatic N) is 6. The summed E-state index contributed by atoms with van der Waals surface area (Å²) in [5, 5.41) is 43.8. The Bertz CT molecular complexity index is 3030. The van der Waals surface area contributed by atoms with Gasteiger partial charge in [-0.3, -0.25) is 19.2 Å². The van der Waals surface area contributed by atoms with Gasteiger partial charge in [-0.25, -0.2) is 0 Å². The van der Waals surface area contributed by atoms with Gasteiger partial charge in [0.25, 0.3) is 0 Å². The molecule has 0 amide bonds. The van der Waals surface area contributed by atoms with E-state index in [0.29, 0.717) is 67.5 Å². The molecule has 8 rings (SSSR count). The second-order valence-corrected chi connectivity index (χ2v) is 15.1. The average molecular weight is 839 g/mol. The lowest BCUT2D eigenvalue weighted by Gasteiger charge is -2.11. The van der Waals surface area contributed by atoms with Gasteiger partial charge in [-0.15, -0.1) is 0 Å². The first-order chi connectivity index (χ1) is 30.9. The van der Waals surface area contributed by atoms with Crippen LogP contribution in [0.4, 0.5) is 11.4 Å². The Balaban J connectivity index is 0.000000168. The van der Waals surface area contributed by atoms with E-state index in [1.54, 1.807) is 36.4 Å². The van der Waals surface area contributed by atoms with E-state index >= 15 is 0 Å². The highest BCUT2D eigenvalue weighted by Crippen LogP contribution is 2.35. The van der Waals surface area contributed by atoms with Crippen LogP contribution < -0.4 is 9.80 Å². The highest BCUT2D eigenvalue weighted by Gasteiger charge is 2.16. The molecule has 0 unspecified atom stereocenters. The fourth-order valence-corrected chi connectivity index (χ4v) is 7.05. The summed E-state index contributed by atoms with van der Waals surface area (Å²) in [4.78, 5) is 46.5. The van der Waals surface area contributed by atoms with Gasteiger partial charge in [-0.1, -0.05) is 71.8 Å². The number of aldehydes is 4. The quantitative estimate of drug-likeness (QED) is 0.116. The predicted molar refractivity (Wildman–Crippen MR) is 254 cm³/mol. The number of carbonyl (C=O) groups is 4. The zero-order valence-electron chi connectivity index (χ0n) is 36.2. The summed E-state index contributed by atoms with van der Waals surface area (Å²) in [5.74, 6) is 0. The lowest BCUT2D eigenvalue weighted by molar-refractivity contribution is 0.111. The summed E-state index contributed by atoms with van der Waals surface area (Å²) in [5.41, 5.74) is 8.80. The zero-order valence-corrected chi connectivity index (χ0v) is 36.2. The molecule has 8 aromatic rings. The number of rotatable bonds is 6. The normalized spacial score (nSPS) is 9.91. The van der Waals surface area contributed by atoms with E-state index < -0.39 is 0 Å². The van der Waals surface area contributed by atoms with E-state index in [1.807, 2.05) is 137 Å². The number of carbonyl (C=O) groups excluding carboxylic acids is 4. The number of hydrogen-bond donors (Lipinski definition) is 0. The van der Waals surface area contributed by atoms with Crippen LogP contribution in [0.2, 0.25) is 0 Å². The van der Waals surface area contributed by atoms with Crippen molar-refractivity contribution >= 4 is 79.6 Å². The Kier molecular flexibility index (Phi) is 15.1. The van der Waals surface area contributed by atoms with Crippen molar-refractivity contribution in [1.82, 2.24) is 0 Å². The topological polar surface area (TPSA) is 170 Å². The van der Waals surface area contributed by atoms with E-state index in [9.17, 15) is 40.2 Å². The lowest BCUT2D eigenvalue weighted by Crippen LogP contribution is -2.08. The van der Waals surface area contributed by atoms with Crippen LogP contribution in [0.5, 0.6) is 0 Å². The van der Waals surface area contributed by atoms with Crippen molar-refractivity contribution in [2.45, 2.75) is 13.8 Å². The highest BCUT2D eigenvalue weighted by atomic mass is 16.1. The molecular weight excluding hydrogens is 797 g/mol. The molecule has 0 atom stereocenters. The zero-order chi connectivity index (χ0) is 46.5. The molecule has 0 aliphatic carbocycles. The Morgan fingerprint density at radius 3 is 0.844 bits per heavy atom. The molecule has 0 bridgehead atoms. The van der Waals surface area contributed by atoms with Gasteiger partial charge < -0.3 is 9.80 Å². The molecule has 64 heavy (non-hydrogen) atoms. The van der Waals surface area contributed by atoms with E-state index in [-0.39, 0.29) is 0 Å². The van der Waals surface area contributed by atoms with Gasteiger partial charge in [-0.2, -0.15) is 21.0 Å². The van der Waals surface area contributed by atoms with Crippen molar-refractivity contribution in [3.63, 3.8) is 0 Å². The van der Waals surface area contributed by atoms with Gasteiger partial charge in [0.05, 0.1) is 22.3 Å². The van der Waals surface area contributed by atoms with Crippen molar-refractivity contribution < 1.29 is 19.2 Å². The summed E-state index contributed by atoms with van der Waals surface area (Å²) in [7, 11) is 7.87. The molecule has 0 aliphatic heterocycles. The Morgan fingerprint density at radius 1 is 0.344 bits per heavy atom. The summed E-state index contributed by atoms with van der Waals surface area (Å²) >= 11 is 0. The monoisotopic (exact) mass is 838 g/mol. The molecule has 0 fully saturated rings. The van der Waals surface area contributed by atoms with Crippen LogP contribution in [0.25, 0.3) is 43.1 Å². The van der Waals surface area contributed by atoms with Crippen molar-refractivity contribution in [1.29, 1.82) is 21.0 Å². The maximum Gasteiger partial charge on any atom is 0.150 e. The van der Waals surface area contributed by atoms with Gasteiger partial charge in [-0.05, 0) is 74.5 Å². The maximum atomic E-state index is 11.0. The molecular formula is C54H42N6O4. The average Bonchev–Trinajstić information content (AvgIpc) is 3.32. The SMILES string of the molecule is CN(C)c1ccc(C=O)cc1.CN(C)c1ccc(C=O)cc1.Cc1ccc2c(C#N)c3cc(C)ccc3c(C#N)c2c1.N#Cc1c2ccc(C=O)cc2c(C#N)c2ccc(C=O)cc12. The van der Waals surface area contributed by atoms with E-state index in [1.165, 1.54) is 0 Å². The summed E-state index contributed by atoms with van der Waals surface area (Å²) in [6, 6.07) is 45.3. The molecule has 10 heteroatoms. The predicted octanol–water partition coefficient (Wildman–Crippen LogP) is 10.8. The van der Waals surface area contributed by atoms with Crippen LogP contribution in [0.1, 0.15) is 74.8 Å². The highest BCUT2D eigenvalue weighted by molar-refractivity contribution is 6.11. The van der Waals surface area contributed by atoms with E-state index in [0.717, 1.165) is 67.7 Å². The Hall–Kier alpha value is -8.96. The fraction of sp³-hybridized carbons (Fsp3) is 0.111. The van der Waals surface area contributed by atoms with Gasteiger partial charge in [0.2, 0.25) is 0 Å². The smallest absolute Gasteiger partial charge is 0.150 e. The molecule has 0 heterocycles. The third-order valence-corrected chi connectivity index (χ3v) is 10.4. The van der Waals surface area contributed by atoms with Crippen molar-refractivity contribution in [2.24, 2.45) is 0 Å². The van der Waals surface area contributed by atoms with Gasteiger partial charge in [0, 0.05) is 105 Å². The molecule has 0 saturated heterocycles. The van der Waals surface area contributed by atoms with Crippen LogP contribution in [-0.2, 0) is 0 Å². The second kappa shape index (κ2) is 21.0. The minimum atomic E-state index is 0.394. The molecule has 8 aromatic carbocycles. The van der Waals surface area contributed by atoms with Crippen molar-refractivity contribution in [3.8, 4) is 24.3 Å². The summed E-state index contributed by atoms with van der Waals surface area (Å²) < 4.78 is 0. The minimum absolute atomic E-state index is 0.394. The van der Waals surface area contributed by atoms with Gasteiger partial charge in [0.15, 0.2) is 0 Å². The first-order valence-electron chi connectivity index (χ1n) is 19.8. The molecule has 312 valence electrons. The van der Waals surface area contributed by atoms with Gasteiger partial charge in [0.1, 0.15) is 49.4 Å². The minimum Gasteiger partial charge on any atom is -0.378 e. The van der Waals surface area contributed by atoms with Crippen molar-refractivity contribution in [2.75, 3.05) is 38.0 Å². The van der Waals surface area contributed by atoms with Gasteiger partial charge >= 0.3 is 0 Å². The summed E-state index contributed by atoms with van der Waals surface area (Å²) in [6.45, 7) is 3.98. The number of benzene rings is 8. The third kappa shape index (κ3) is 10.1. The van der Waals surface area contributed by atoms with Crippen molar-refractivity contribution in [3.05, 3.63) is 177 Å². The first kappa shape index (κ1) is 46.1. The lowest BCUT2D eigenvalue weighted by atomic mass is 9.91. The molecule has 0 spiro atoms.